The molecule has 0 atom stereocenters. The van der Waals surface area contributed by atoms with Crippen LogP contribution in [0.4, 0.5) is 0 Å². The van der Waals surface area contributed by atoms with Crippen molar-refractivity contribution < 1.29 is 0 Å². The average molecular weight is 256 g/mol. The van der Waals surface area contributed by atoms with Gasteiger partial charge in [-0.25, -0.2) is 4.98 Å². The van der Waals surface area contributed by atoms with E-state index in [2.05, 4.69) is 20.2 Å². The van der Waals surface area contributed by atoms with Gasteiger partial charge in [-0.15, -0.1) is 0 Å². The molecule has 4 nitrogen and oxygen atoms in total. The van der Waals surface area contributed by atoms with Crippen molar-refractivity contribution in [3.63, 3.8) is 0 Å². The van der Waals surface area contributed by atoms with E-state index < -0.39 is 0 Å². The molecular weight excluding hydrogens is 236 g/mol. The van der Waals surface area contributed by atoms with Crippen LogP contribution >= 0.6 is 0 Å². The Morgan fingerprint density at radius 1 is 1.11 bits per heavy atom. The van der Waals surface area contributed by atoms with Crippen molar-refractivity contribution in [1.82, 2.24) is 20.2 Å². The van der Waals surface area contributed by atoms with E-state index in [4.69, 9.17) is 0 Å². The van der Waals surface area contributed by atoms with Gasteiger partial charge in [0.1, 0.15) is 0 Å². The molecule has 1 aromatic heterocycles. The lowest BCUT2D eigenvalue weighted by atomic mass is 10.2. The maximum atomic E-state index is 4.66. The molecule has 0 spiro atoms. The highest BCUT2D eigenvalue weighted by Gasteiger charge is 2.08. The lowest BCUT2D eigenvalue weighted by Gasteiger charge is -2.26. The third-order valence-electron chi connectivity index (χ3n) is 3.62. The van der Waals surface area contributed by atoms with Crippen LogP contribution in [0.5, 0.6) is 0 Å². The Balaban J connectivity index is 1.56. The van der Waals surface area contributed by atoms with Gasteiger partial charge in [0.05, 0.1) is 16.7 Å². The van der Waals surface area contributed by atoms with Gasteiger partial charge >= 0.3 is 0 Å². The second-order valence-electron chi connectivity index (χ2n) is 5.05. The van der Waals surface area contributed by atoms with Gasteiger partial charge in [-0.2, -0.15) is 0 Å². The lowest BCUT2D eigenvalue weighted by molar-refractivity contribution is 0.238. The molecule has 1 aliphatic heterocycles. The summed E-state index contributed by atoms with van der Waals surface area (Å²) in [7, 11) is 0. The average Bonchev–Trinajstić information content (AvgIpc) is 2.48. The lowest BCUT2D eigenvalue weighted by Crippen LogP contribution is -2.43. The number of aromatic nitrogens is 2. The first kappa shape index (κ1) is 12.5. The molecule has 0 unspecified atom stereocenters. The van der Waals surface area contributed by atoms with Crippen LogP contribution in [0, 0.1) is 0 Å². The highest BCUT2D eigenvalue weighted by Crippen LogP contribution is 2.09. The smallest absolute Gasteiger partial charge is 0.0890 e. The summed E-state index contributed by atoms with van der Waals surface area (Å²) in [5.41, 5.74) is 3.09. The summed E-state index contributed by atoms with van der Waals surface area (Å²) in [6.45, 7) is 5.74. The van der Waals surface area contributed by atoms with E-state index in [0.29, 0.717) is 0 Å². The summed E-state index contributed by atoms with van der Waals surface area (Å²) in [4.78, 5) is 11.6. The highest BCUT2D eigenvalue weighted by atomic mass is 15.2. The molecule has 0 amide bonds. The van der Waals surface area contributed by atoms with E-state index >= 15 is 0 Å². The molecule has 0 radical (unpaired) electrons. The molecule has 4 heteroatoms. The minimum atomic E-state index is 0.980. The summed E-state index contributed by atoms with van der Waals surface area (Å²) >= 11 is 0. The van der Waals surface area contributed by atoms with Crippen molar-refractivity contribution in [3.05, 3.63) is 36.2 Å². The predicted octanol–water partition coefficient (Wildman–Crippen LogP) is 1.47. The third-order valence-corrected chi connectivity index (χ3v) is 3.62. The second-order valence-corrected chi connectivity index (χ2v) is 5.05. The molecule has 1 aliphatic rings. The van der Waals surface area contributed by atoms with E-state index in [0.717, 1.165) is 49.2 Å². The fourth-order valence-corrected chi connectivity index (χ4v) is 2.53. The van der Waals surface area contributed by atoms with Gasteiger partial charge < -0.3 is 10.2 Å². The van der Waals surface area contributed by atoms with Crippen molar-refractivity contribution in [1.29, 1.82) is 0 Å². The van der Waals surface area contributed by atoms with Crippen molar-refractivity contribution in [2.24, 2.45) is 0 Å². The first-order valence-electron chi connectivity index (χ1n) is 7.05. The third kappa shape index (κ3) is 3.28. The number of benzene rings is 1. The molecule has 2 aromatic rings. The molecule has 1 fully saturated rings. The number of aryl methyl sites for hydroxylation is 1. The van der Waals surface area contributed by atoms with Crippen LogP contribution in [-0.2, 0) is 6.42 Å². The Hall–Kier alpha value is -1.52. The van der Waals surface area contributed by atoms with Crippen molar-refractivity contribution in [3.8, 4) is 0 Å². The minimum Gasteiger partial charge on any atom is -0.314 e. The van der Waals surface area contributed by atoms with Gasteiger partial charge in [0.15, 0.2) is 0 Å². The number of hydrogen-bond donors (Lipinski definition) is 1. The first-order valence-corrected chi connectivity index (χ1v) is 7.05. The van der Waals surface area contributed by atoms with Gasteiger partial charge in [-0.1, -0.05) is 12.1 Å². The van der Waals surface area contributed by atoms with Gasteiger partial charge in [0.25, 0.3) is 0 Å². The Labute approximate surface area is 113 Å². The fraction of sp³-hybridized carbons (Fsp3) is 0.467. The Morgan fingerprint density at radius 2 is 1.89 bits per heavy atom. The molecule has 0 bridgehead atoms. The molecule has 1 saturated heterocycles. The normalized spacial score (nSPS) is 16.8. The van der Waals surface area contributed by atoms with Gasteiger partial charge in [-0.05, 0) is 31.5 Å². The number of piperazine rings is 1. The molecular formula is C15H20N4. The summed E-state index contributed by atoms with van der Waals surface area (Å²) in [5.74, 6) is 0. The summed E-state index contributed by atoms with van der Waals surface area (Å²) < 4.78 is 0. The maximum absolute atomic E-state index is 4.66. The Bertz CT molecular complexity index is 534. The Morgan fingerprint density at radius 3 is 2.74 bits per heavy atom. The van der Waals surface area contributed by atoms with Crippen LogP contribution < -0.4 is 5.32 Å². The number of para-hydroxylation sites is 2. The van der Waals surface area contributed by atoms with Crippen LogP contribution in [0.15, 0.2) is 30.5 Å². The SMILES string of the molecule is c1ccc2nc(CCCN3CCNCC3)cnc2c1. The van der Waals surface area contributed by atoms with Crippen LogP contribution in [-0.4, -0.2) is 47.6 Å². The monoisotopic (exact) mass is 256 g/mol. The fourth-order valence-electron chi connectivity index (χ4n) is 2.53. The van der Waals surface area contributed by atoms with Gasteiger partial charge in [0, 0.05) is 32.4 Å². The molecule has 0 saturated carbocycles. The molecule has 2 heterocycles. The van der Waals surface area contributed by atoms with E-state index in [1.54, 1.807) is 0 Å². The number of rotatable bonds is 4. The minimum absolute atomic E-state index is 0.980. The molecule has 1 aromatic carbocycles. The number of nitrogens with one attached hydrogen (secondary N) is 1. The van der Waals surface area contributed by atoms with Crippen LogP contribution in [0.2, 0.25) is 0 Å². The first-order chi connectivity index (χ1) is 9.42. The standard InChI is InChI=1S/C15H20N4/c1-2-6-15-14(5-1)17-12-13(18-15)4-3-9-19-10-7-16-8-11-19/h1-2,5-6,12,16H,3-4,7-11H2. The topological polar surface area (TPSA) is 41.1 Å². The van der Waals surface area contributed by atoms with Crippen molar-refractivity contribution in [2.45, 2.75) is 12.8 Å². The maximum Gasteiger partial charge on any atom is 0.0890 e. The molecule has 19 heavy (non-hydrogen) atoms. The van der Waals surface area contributed by atoms with Crippen LogP contribution in [0.25, 0.3) is 11.0 Å². The zero-order valence-electron chi connectivity index (χ0n) is 11.2. The largest absolute Gasteiger partial charge is 0.314 e. The molecule has 3 rings (SSSR count). The van der Waals surface area contributed by atoms with Crippen LogP contribution in [0.3, 0.4) is 0 Å². The van der Waals surface area contributed by atoms with E-state index in [1.165, 1.54) is 13.1 Å². The summed E-state index contributed by atoms with van der Waals surface area (Å²) in [5, 5.41) is 3.38. The van der Waals surface area contributed by atoms with E-state index in [9.17, 15) is 0 Å². The molecule has 100 valence electrons. The quantitative estimate of drug-likeness (QED) is 0.899. The van der Waals surface area contributed by atoms with Gasteiger partial charge in [0.2, 0.25) is 0 Å². The van der Waals surface area contributed by atoms with Crippen molar-refractivity contribution >= 4 is 11.0 Å². The zero-order valence-corrected chi connectivity index (χ0v) is 11.2. The molecule has 0 aliphatic carbocycles. The Kier molecular flexibility index (Phi) is 4.01. The van der Waals surface area contributed by atoms with E-state index in [-0.39, 0.29) is 0 Å². The number of nitrogens with zero attached hydrogens (tertiary/aromatic N) is 3. The van der Waals surface area contributed by atoms with Crippen LogP contribution in [0.1, 0.15) is 12.1 Å². The summed E-state index contributed by atoms with van der Waals surface area (Å²) in [6, 6.07) is 8.05. The predicted molar refractivity (Wildman–Crippen MR) is 77.2 cm³/mol. The van der Waals surface area contributed by atoms with Crippen molar-refractivity contribution in [2.75, 3.05) is 32.7 Å². The number of hydrogen-bond acceptors (Lipinski definition) is 4. The number of fused-ring (bicyclic) bond motifs is 1. The second kappa shape index (κ2) is 6.08. The zero-order chi connectivity index (χ0) is 12.9. The van der Waals surface area contributed by atoms with E-state index in [1.807, 2.05) is 30.5 Å². The highest BCUT2D eigenvalue weighted by molar-refractivity contribution is 5.73. The summed E-state index contributed by atoms with van der Waals surface area (Å²) in [6.07, 6.45) is 4.09. The van der Waals surface area contributed by atoms with Gasteiger partial charge in [-0.3, -0.25) is 4.98 Å². The molecule has 1 N–H and O–H groups in total.